The quantitative estimate of drug-likeness (QED) is 0.482. The molecular formula is C22H29N5O3S. The lowest BCUT2D eigenvalue weighted by atomic mass is 10.2. The van der Waals surface area contributed by atoms with Gasteiger partial charge in [-0.05, 0) is 51.3 Å². The van der Waals surface area contributed by atoms with Crippen LogP contribution in [0.5, 0.6) is 5.75 Å². The molecular weight excluding hydrogens is 414 g/mol. The van der Waals surface area contributed by atoms with Gasteiger partial charge in [-0.1, -0.05) is 18.2 Å². The number of para-hydroxylation sites is 1. The molecule has 0 bridgehead atoms. The van der Waals surface area contributed by atoms with Crippen molar-refractivity contribution in [3.63, 3.8) is 0 Å². The Balaban J connectivity index is 1.84. The Morgan fingerprint density at radius 3 is 2.55 bits per heavy atom. The van der Waals surface area contributed by atoms with Crippen LogP contribution in [0.25, 0.3) is 10.9 Å². The van der Waals surface area contributed by atoms with Crippen LogP contribution >= 0.6 is 0 Å². The predicted octanol–water partition coefficient (Wildman–Crippen LogP) is 2.82. The fourth-order valence-electron chi connectivity index (χ4n) is 3.16. The van der Waals surface area contributed by atoms with Crippen LogP contribution in [0.2, 0.25) is 0 Å². The SMILES string of the molecule is COc1cccc(S(=O)(=O)N(C)Cc2nc(NCCCN(C)C)c3ccccc3n2)c1. The molecule has 1 N–H and O–H groups in total. The number of fused-ring (bicyclic) bond motifs is 1. The Labute approximate surface area is 183 Å². The molecule has 8 nitrogen and oxygen atoms in total. The van der Waals surface area contributed by atoms with Crippen molar-refractivity contribution in [1.29, 1.82) is 0 Å². The molecule has 0 unspecified atom stereocenters. The van der Waals surface area contributed by atoms with E-state index in [1.165, 1.54) is 24.5 Å². The minimum absolute atomic E-state index is 0.0523. The molecule has 9 heteroatoms. The van der Waals surface area contributed by atoms with E-state index < -0.39 is 10.0 Å². The van der Waals surface area contributed by atoms with Gasteiger partial charge >= 0.3 is 0 Å². The number of hydrogen-bond donors (Lipinski definition) is 1. The van der Waals surface area contributed by atoms with Gasteiger partial charge in [-0.2, -0.15) is 4.31 Å². The first-order valence-corrected chi connectivity index (χ1v) is 11.5. The third-order valence-corrected chi connectivity index (χ3v) is 6.64. The molecule has 0 amide bonds. The molecule has 0 saturated carbocycles. The van der Waals surface area contributed by atoms with E-state index in [0.717, 1.165) is 30.4 Å². The van der Waals surface area contributed by atoms with Crippen molar-refractivity contribution >= 4 is 26.7 Å². The normalized spacial score (nSPS) is 11.9. The highest BCUT2D eigenvalue weighted by Crippen LogP contribution is 2.23. The van der Waals surface area contributed by atoms with Crippen LogP contribution in [-0.2, 0) is 16.6 Å². The largest absolute Gasteiger partial charge is 0.497 e. The molecule has 3 aromatic rings. The Morgan fingerprint density at radius 1 is 1.03 bits per heavy atom. The van der Waals surface area contributed by atoms with Gasteiger partial charge in [0.25, 0.3) is 0 Å². The summed E-state index contributed by atoms with van der Waals surface area (Å²) in [6, 6.07) is 14.1. The summed E-state index contributed by atoms with van der Waals surface area (Å²) in [5, 5.41) is 4.29. The Kier molecular flexibility index (Phi) is 7.42. The highest BCUT2D eigenvalue weighted by Gasteiger charge is 2.23. The van der Waals surface area contributed by atoms with Crippen LogP contribution in [0.3, 0.4) is 0 Å². The van der Waals surface area contributed by atoms with E-state index >= 15 is 0 Å². The van der Waals surface area contributed by atoms with Gasteiger partial charge in [0.1, 0.15) is 17.4 Å². The second-order valence-electron chi connectivity index (χ2n) is 7.53. The summed E-state index contributed by atoms with van der Waals surface area (Å²) in [5.74, 6) is 1.63. The lowest BCUT2D eigenvalue weighted by molar-refractivity contribution is 0.405. The highest BCUT2D eigenvalue weighted by molar-refractivity contribution is 7.89. The molecule has 31 heavy (non-hydrogen) atoms. The first-order chi connectivity index (χ1) is 14.8. The lowest BCUT2D eigenvalue weighted by Crippen LogP contribution is -2.27. The van der Waals surface area contributed by atoms with Gasteiger partial charge in [0.2, 0.25) is 10.0 Å². The fraction of sp³-hybridized carbons (Fsp3) is 0.364. The molecule has 0 saturated heterocycles. The van der Waals surface area contributed by atoms with E-state index in [1.807, 2.05) is 38.4 Å². The van der Waals surface area contributed by atoms with Crippen molar-refractivity contribution in [1.82, 2.24) is 19.2 Å². The van der Waals surface area contributed by atoms with Gasteiger partial charge in [-0.15, -0.1) is 0 Å². The number of aromatic nitrogens is 2. The zero-order valence-electron chi connectivity index (χ0n) is 18.4. The van der Waals surface area contributed by atoms with Gasteiger partial charge in [0.05, 0.1) is 24.1 Å². The summed E-state index contributed by atoms with van der Waals surface area (Å²) in [5.41, 5.74) is 0.773. The standard InChI is InChI=1S/C22H29N5O3S/c1-26(2)14-8-13-23-22-19-11-5-6-12-20(19)24-21(25-22)16-27(3)31(28,29)18-10-7-9-17(15-18)30-4/h5-7,9-12,15H,8,13-14,16H2,1-4H3,(H,23,24,25). The smallest absolute Gasteiger partial charge is 0.243 e. The maximum Gasteiger partial charge on any atom is 0.243 e. The van der Waals surface area contributed by atoms with E-state index in [9.17, 15) is 8.42 Å². The number of methoxy groups -OCH3 is 1. The van der Waals surface area contributed by atoms with Gasteiger partial charge in [0.15, 0.2) is 0 Å². The first kappa shape index (κ1) is 22.9. The van der Waals surface area contributed by atoms with Crippen molar-refractivity contribution in [3.8, 4) is 5.75 Å². The molecule has 0 radical (unpaired) electrons. The van der Waals surface area contributed by atoms with Crippen LogP contribution in [0, 0.1) is 0 Å². The zero-order valence-corrected chi connectivity index (χ0v) is 19.2. The summed E-state index contributed by atoms with van der Waals surface area (Å²) >= 11 is 0. The molecule has 0 atom stereocenters. The van der Waals surface area contributed by atoms with E-state index in [2.05, 4.69) is 20.2 Å². The number of anilines is 1. The number of hydrogen-bond acceptors (Lipinski definition) is 7. The molecule has 0 fully saturated rings. The molecule has 1 aromatic heterocycles. The van der Waals surface area contributed by atoms with Crippen LogP contribution in [0.4, 0.5) is 5.82 Å². The minimum atomic E-state index is -3.72. The predicted molar refractivity (Wildman–Crippen MR) is 123 cm³/mol. The second kappa shape index (κ2) is 10.0. The molecule has 0 aliphatic rings. The van der Waals surface area contributed by atoms with Crippen molar-refractivity contribution < 1.29 is 13.2 Å². The third-order valence-electron chi connectivity index (χ3n) is 4.84. The molecule has 0 aliphatic carbocycles. The number of ether oxygens (including phenoxy) is 1. The van der Waals surface area contributed by atoms with Crippen LogP contribution in [0.15, 0.2) is 53.4 Å². The van der Waals surface area contributed by atoms with Crippen LogP contribution in [-0.4, -0.2) is 68.9 Å². The summed E-state index contributed by atoms with van der Waals surface area (Å²) in [7, 11) is 3.39. The maximum absolute atomic E-state index is 13.0. The Morgan fingerprint density at radius 2 is 1.81 bits per heavy atom. The average molecular weight is 444 g/mol. The highest BCUT2D eigenvalue weighted by atomic mass is 32.2. The second-order valence-corrected chi connectivity index (χ2v) is 9.57. The van der Waals surface area contributed by atoms with Crippen LogP contribution in [0.1, 0.15) is 12.2 Å². The van der Waals surface area contributed by atoms with Gasteiger partial charge < -0.3 is 15.0 Å². The van der Waals surface area contributed by atoms with Crippen molar-refractivity contribution in [2.45, 2.75) is 17.9 Å². The first-order valence-electron chi connectivity index (χ1n) is 10.1. The average Bonchev–Trinajstić information content (AvgIpc) is 2.76. The lowest BCUT2D eigenvalue weighted by Gasteiger charge is -2.18. The minimum Gasteiger partial charge on any atom is -0.497 e. The summed E-state index contributed by atoms with van der Waals surface area (Å²) in [6.07, 6.45) is 0.963. The van der Waals surface area contributed by atoms with E-state index in [-0.39, 0.29) is 11.4 Å². The zero-order chi connectivity index (χ0) is 22.4. The summed E-state index contributed by atoms with van der Waals surface area (Å²) in [6.45, 7) is 1.78. The summed E-state index contributed by atoms with van der Waals surface area (Å²) in [4.78, 5) is 11.5. The maximum atomic E-state index is 13.0. The molecule has 1 heterocycles. The van der Waals surface area contributed by atoms with Crippen molar-refractivity contribution in [3.05, 3.63) is 54.4 Å². The van der Waals surface area contributed by atoms with E-state index in [4.69, 9.17) is 4.74 Å². The molecule has 166 valence electrons. The molecule has 3 rings (SSSR count). The topological polar surface area (TPSA) is 87.7 Å². The number of nitrogens with one attached hydrogen (secondary N) is 1. The molecule has 0 spiro atoms. The van der Waals surface area contributed by atoms with Crippen molar-refractivity contribution in [2.75, 3.05) is 46.7 Å². The number of rotatable bonds is 10. The fourth-order valence-corrected chi connectivity index (χ4v) is 4.32. The Bertz CT molecular complexity index is 1130. The Hall–Kier alpha value is -2.75. The third kappa shape index (κ3) is 5.69. The molecule has 2 aromatic carbocycles. The van der Waals surface area contributed by atoms with Gasteiger partial charge in [-0.3, -0.25) is 0 Å². The number of benzene rings is 2. The molecule has 0 aliphatic heterocycles. The monoisotopic (exact) mass is 443 g/mol. The number of sulfonamides is 1. The van der Waals surface area contributed by atoms with Gasteiger partial charge in [-0.25, -0.2) is 18.4 Å². The van der Waals surface area contributed by atoms with Crippen molar-refractivity contribution in [2.24, 2.45) is 0 Å². The van der Waals surface area contributed by atoms with E-state index in [1.54, 1.807) is 18.2 Å². The number of nitrogens with zero attached hydrogens (tertiary/aromatic N) is 4. The van der Waals surface area contributed by atoms with Gasteiger partial charge in [0, 0.05) is 25.0 Å². The van der Waals surface area contributed by atoms with E-state index in [0.29, 0.717) is 17.4 Å². The summed E-state index contributed by atoms with van der Waals surface area (Å²) < 4.78 is 32.5. The van der Waals surface area contributed by atoms with Crippen LogP contribution < -0.4 is 10.1 Å².